The second-order valence-corrected chi connectivity index (χ2v) is 4.78. The Bertz CT molecular complexity index is 363. The molecule has 3 atom stereocenters. The molecule has 0 saturated carbocycles. The van der Waals surface area contributed by atoms with Crippen molar-refractivity contribution >= 4 is 5.82 Å². The zero-order valence-electron chi connectivity index (χ0n) is 10.8. The summed E-state index contributed by atoms with van der Waals surface area (Å²) in [5, 5.41) is 0. The summed E-state index contributed by atoms with van der Waals surface area (Å²) in [5.41, 5.74) is 6.88. The van der Waals surface area contributed by atoms with Gasteiger partial charge in [0.15, 0.2) is 0 Å². The minimum atomic E-state index is 0.0376. The quantitative estimate of drug-likeness (QED) is 0.866. The van der Waals surface area contributed by atoms with Gasteiger partial charge in [-0.3, -0.25) is 0 Å². The van der Waals surface area contributed by atoms with Gasteiger partial charge in [-0.15, -0.1) is 0 Å². The van der Waals surface area contributed by atoms with Crippen molar-refractivity contribution in [3.05, 3.63) is 23.9 Å². The van der Waals surface area contributed by atoms with Gasteiger partial charge in [0, 0.05) is 25.9 Å². The Balaban J connectivity index is 2.11. The summed E-state index contributed by atoms with van der Waals surface area (Å²) >= 11 is 0. The summed E-state index contributed by atoms with van der Waals surface area (Å²) in [4.78, 5) is 6.67. The van der Waals surface area contributed by atoms with Gasteiger partial charge >= 0.3 is 0 Å². The van der Waals surface area contributed by atoms with Gasteiger partial charge in [0.25, 0.3) is 0 Å². The first-order valence-corrected chi connectivity index (χ1v) is 6.15. The first-order chi connectivity index (χ1) is 8.09. The van der Waals surface area contributed by atoms with Crippen molar-refractivity contribution in [2.75, 3.05) is 18.6 Å². The van der Waals surface area contributed by atoms with E-state index >= 15 is 0 Å². The van der Waals surface area contributed by atoms with Crippen molar-refractivity contribution in [1.82, 2.24) is 4.98 Å². The van der Waals surface area contributed by atoms with E-state index in [0.717, 1.165) is 24.4 Å². The number of ether oxygens (including phenoxy) is 1. The van der Waals surface area contributed by atoms with Gasteiger partial charge in [-0.2, -0.15) is 0 Å². The van der Waals surface area contributed by atoms with Crippen LogP contribution in [-0.4, -0.2) is 30.8 Å². The molecule has 4 heteroatoms. The molecule has 2 unspecified atom stereocenters. The zero-order valence-corrected chi connectivity index (χ0v) is 10.8. The van der Waals surface area contributed by atoms with E-state index in [4.69, 9.17) is 10.5 Å². The number of likely N-dealkylation sites (N-methyl/N-ethyl adjacent to an activating group) is 1. The van der Waals surface area contributed by atoms with Crippen LogP contribution in [-0.2, 0) is 4.74 Å². The molecule has 1 aliphatic heterocycles. The second-order valence-electron chi connectivity index (χ2n) is 4.78. The molecule has 0 amide bonds. The largest absolute Gasteiger partial charge is 0.376 e. The summed E-state index contributed by atoms with van der Waals surface area (Å²) in [6.45, 7) is 4.92. The fraction of sp³-hybridized carbons (Fsp3) is 0.615. The summed E-state index contributed by atoms with van der Waals surface area (Å²) in [6.07, 6.45) is 3.20. The van der Waals surface area contributed by atoms with Crippen LogP contribution in [0.4, 0.5) is 5.82 Å². The Hall–Kier alpha value is -1.13. The van der Waals surface area contributed by atoms with Gasteiger partial charge in [-0.25, -0.2) is 4.98 Å². The average Bonchev–Trinajstić information content (AvgIpc) is 2.74. The highest BCUT2D eigenvalue weighted by Gasteiger charge is 2.28. The number of hydrogen-bond acceptors (Lipinski definition) is 4. The fourth-order valence-corrected chi connectivity index (χ4v) is 2.27. The normalized spacial score (nSPS) is 25.9. The van der Waals surface area contributed by atoms with Crippen LogP contribution in [0.2, 0.25) is 0 Å². The Morgan fingerprint density at radius 2 is 2.29 bits per heavy atom. The van der Waals surface area contributed by atoms with Gasteiger partial charge in [0.2, 0.25) is 0 Å². The molecule has 0 spiro atoms. The molecule has 4 nitrogen and oxygen atoms in total. The number of pyridine rings is 1. The Kier molecular flexibility index (Phi) is 3.64. The van der Waals surface area contributed by atoms with Crippen LogP contribution in [0.15, 0.2) is 18.3 Å². The van der Waals surface area contributed by atoms with Crippen LogP contribution in [0.5, 0.6) is 0 Å². The predicted molar refractivity (Wildman–Crippen MR) is 69.1 cm³/mol. The Morgan fingerprint density at radius 1 is 1.53 bits per heavy atom. The molecule has 1 aromatic rings. The van der Waals surface area contributed by atoms with Crippen molar-refractivity contribution in [3.8, 4) is 0 Å². The molecule has 2 N–H and O–H groups in total. The van der Waals surface area contributed by atoms with E-state index in [2.05, 4.69) is 23.9 Å². The monoisotopic (exact) mass is 235 g/mol. The summed E-state index contributed by atoms with van der Waals surface area (Å²) in [5.74, 6) is 0.983. The maximum Gasteiger partial charge on any atom is 0.128 e. The van der Waals surface area contributed by atoms with Gasteiger partial charge in [0.05, 0.1) is 12.1 Å². The topological polar surface area (TPSA) is 51.4 Å². The van der Waals surface area contributed by atoms with Crippen molar-refractivity contribution in [2.24, 2.45) is 5.73 Å². The number of rotatable bonds is 3. The molecule has 1 fully saturated rings. The van der Waals surface area contributed by atoms with E-state index in [9.17, 15) is 0 Å². The minimum Gasteiger partial charge on any atom is -0.376 e. The lowest BCUT2D eigenvalue weighted by Gasteiger charge is -2.27. The molecule has 1 aromatic heterocycles. The van der Waals surface area contributed by atoms with E-state index in [-0.39, 0.29) is 12.1 Å². The summed E-state index contributed by atoms with van der Waals surface area (Å²) < 4.78 is 5.58. The van der Waals surface area contributed by atoms with Gasteiger partial charge < -0.3 is 15.4 Å². The zero-order chi connectivity index (χ0) is 12.4. The van der Waals surface area contributed by atoms with Crippen LogP contribution < -0.4 is 10.6 Å². The molecule has 2 rings (SSSR count). The van der Waals surface area contributed by atoms with Crippen molar-refractivity contribution < 1.29 is 4.74 Å². The second kappa shape index (κ2) is 5.02. The third kappa shape index (κ3) is 2.58. The summed E-state index contributed by atoms with van der Waals surface area (Å²) in [7, 11) is 2.07. The SMILES string of the molecule is CC1OCCC1N(C)c1ccc([C@H](C)N)cn1. The van der Waals surface area contributed by atoms with E-state index in [1.165, 1.54) is 0 Å². The maximum atomic E-state index is 5.81. The smallest absolute Gasteiger partial charge is 0.128 e. The van der Waals surface area contributed by atoms with E-state index in [0.29, 0.717) is 6.04 Å². The molecule has 0 bridgehead atoms. The minimum absolute atomic E-state index is 0.0376. The average molecular weight is 235 g/mol. The number of nitrogens with zero attached hydrogens (tertiary/aromatic N) is 2. The van der Waals surface area contributed by atoms with Crippen molar-refractivity contribution in [1.29, 1.82) is 0 Å². The molecule has 0 radical (unpaired) electrons. The van der Waals surface area contributed by atoms with Gasteiger partial charge in [-0.1, -0.05) is 6.07 Å². The highest BCUT2D eigenvalue weighted by molar-refractivity contribution is 5.40. The molecule has 94 valence electrons. The van der Waals surface area contributed by atoms with Crippen LogP contribution in [0, 0.1) is 0 Å². The molecule has 0 aromatic carbocycles. The van der Waals surface area contributed by atoms with E-state index in [1.807, 2.05) is 25.3 Å². The first kappa shape index (κ1) is 12.3. The number of hydrogen-bond donors (Lipinski definition) is 1. The highest BCUT2D eigenvalue weighted by Crippen LogP contribution is 2.23. The molecule has 0 aliphatic carbocycles. The predicted octanol–water partition coefficient (Wildman–Crippen LogP) is 1.71. The molecule has 2 heterocycles. The van der Waals surface area contributed by atoms with E-state index in [1.54, 1.807) is 0 Å². The molecular formula is C13H21N3O. The Morgan fingerprint density at radius 3 is 2.76 bits per heavy atom. The van der Waals surface area contributed by atoms with Crippen LogP contribution in [0.1, 0.15) is 31.9 Å². The molecule has 1 aliphatic rings. The van der Waals surface area contributed by atoms with Crippen LogP contribution in [0.25, 0.3) is 0 Å². The van der Waals surface area contributed by atoms with Crippen molar-refractivity contribution in [3.63, 3.8) is 0 Å². The standard InChI is InChI=1S/C13H21N3O/c1-9(14)11-4-5-13(15-8-11)16(3)12-6-7-17-10(12)2/h4-5,8-10,12H,6-7,14H2,1-3H3/t9-,10?,12?/m0/s1. The van der Waals surface area contributed by atoms with Gasteiger partial charge in [-0.05, 0) is 31.9 Å². The number of nitrogens with two attached hydrogens (primary N) is 1. The Labute approximate surface area is 103 Å². The molecule has 1 saturated heterocycles. The maximum absolute atomic E-state index is 5.81. The first-order valence-electron chi connectivity index (χ1n) is 6.15. The third-order valence-electron chi connectivity index (χ3n) is 3.49. The van der Waals surface area contributed by atoms with Crippen LogP contribution >= 0.6 is 0 Å². The van der Waals surface area contributed by atoms with Gasteiger partial charge in [0.1, 0.15) is 5.82 Å². The van der Waals surface area contributed by atoms with Crippen LogP contribution in [0.3, 0.4) is 0 Å². The lowest BCUT2D eigenvalue weighted by molar-refractivity contribution is 0.118. The third-order valence-corrected chi connectivity index (χ3v) is 3.49. The van der Waals surface area contributed by atoms with E-state index < -0.39 is 0 Å². The van der Waals surface area contributed by atoms with Crippen molar-refractivity contribution in [2.45, 2.75) is 38.5 Å². The highest BCUT2D eigenvalue weighted by atomic mass is 16.5. The lowest BCUT2D eigenvalue weighted by atomic mass is 10.1. The number of aromatic nitrogens is 1. The fourth-order valence-electron chi connectivity index (χ4n) is 2.27. The lowest BCUT2D eigenvalue weighted by Crippen LogP contribution is -2.37. The molecular weight excluding hydrogens is 214 g/mol. The molecule has 17 heavy (non-hydrogen) atoms. The summed E-state index contributed by atoms with van der Waals surface area (Å²) in [6, 6.07) is 4.53. The number of anilines is 1.